The zero-order chi connectivity index (χ0) is 12.2. The normalized spacial score (nSPS) is 11.2. The van der Waals surface area contributed by atoms with E-state index in [-0.39, 0.29) is 12.5 Å². The number of halogens is 1. The maximum Gasteiger partial charge on any atom is 0.252 e. The Hall–Kier alpha value is -0.870. The lowest BCUT2D eigenvalue weighted by atomic mass is 10.0. The van der Waals surface area contributed by atoms with E-state index < -0.39 is 5.54 Å². The molecule has 0 fully saturated rings. The van der Waals surface area contributed by atoms with E-state index in [1.54, 1.807) is 19.9 Å². The molecule has 0 aromatic heterocycles. The Morgan fingerprint density at radius 3 is 2.62 bits per heavy atom. The Kier molecular flexibility index (Phi) is 4.50. The molecule has 88 valence electrons. The summed E-state index contributed by atoms with van der Waals surface area (Å²) in [5.74, 6) is -0.158. The predicted molar refractivity (Wildman–Crippen MR) is 67.7 cm³/mol. The number of hydrogen-bond acceptors (Lipinski definition) is 2. The van der Waals surface area contributed by atoms with Crippen LogP contribution < -0.4 is 5.32 Å². The number of amides is 1. The lowest BCUT2D eigenvalue weighted by Gasteiger charge is -2.24. The van der Waals surface area contributed by atoms with Gasteiger partial charge in [0.2, 0.25) is 0 Å². The van der Waals surface area contributed by atoms with Gasteiger partial charge in [-0.1, -0.05) is 34.1 Å². The molecule has 16 heavy (non-hydrogen) atoms. The van der Waals surface area contributed by atoms with Crippen molar-refractivity contribution in [3.8, 4) is 0 Å². The smallest absolute Gasteiger partial charge is 0.252 e. The molecule has 1 aromatic carbocycles. The van der Waals surface area contributed by atoms with Crippen molar-refractivity contribution in [3.05, 3.63) is 35.4 Å². The van der Waals surface area contributed by atoms with Crippen LogP contribution in [0.5, 0.6) is 0 Å². The molecule has 0 atom stereocenters. The Morgan fingerprint density at radius 1 is 1.44 bits per heavy atom. The molecule has 0 aliphatic heterocycles. The molecule has 0 radical (unpaired) electrons. The first-order chi connectivity index (χ1) is 7.50. The molecule has 0 unspecified atom stereocenters. The second-order valence-electron chi connectivity index (χ2n) is 4.29. The molecule has 1 amide bonds. The van der Waals surface area contributed by atoms with Crippen molar-refractivity contribution in [1.82, 2.24) is 5.32 Å². The molecule has 0 saturated heterocycles. The van der Waals surface area contributed by atoms with Gasteiger partial charge in [0.05, 0.1) is 12.1 Å². The van der Waals surface area contributed by atoms with Gasteiger partial charge in [0.15, 0.2) is 0 Å². The summed E-state index contributed by atoms with van der Waals surface area (Å²) in [6, 6.07) is 7.40. The van der Waals surface area contributed by atoms with Gasteiger partial charge in [-0.3, -0.25) is 4.79 Å². The highest BCUT2D eigenvalue weighted by Crippen LogP contribution is 2.13. The van der Waals surface area contributed by atoms with Crippen molar-refractivity contribution in [2.45, 2.75) is 24.7 Å². The van der Waals surface area contributed by atoms with E-state index in [2.05, 4.69) is 21.2 Å². The fraction of sp³-hybridized carbons (Fsp3) is 0.417. The van der Waals surface area contributed by atoms with E-state index in [1.807, 2.05) is 18.2 Å². The number of alkyl halides is 1. The SMILES string of the molecule is CC(C)(CO)NC(=O)c1ccccc1CBr. The third-order valence-corrected chi connectivity index (χ3v) is 2.86. The van der Waals surface area contributed by atoms with Crippen molar-refractivity contribution in [2.75, 3.05) is 6.61 Å². The van der Waals surface area contributed by atoms with Crippen LogP contribution in [0.25, 0.3) is 0 Å². The number of carbonyl (C=O) groups excluding carboxylic acids is 1. The first-order valence-corrected chi connectivity index (χ1v) is 6.19. The second kappa shape index (κ2) is 5.46. The standard InChI is InChI=1S/C12H16BrNO2/c1-12(2,8-15)14-11(16)10-6-4-3-5-9(10)7-13/h3-6,15H,7-8H2,1-2H3,(H,14,16). The number of benzene rings is 1. The summed E-state index contributed by atoms with van der Waals surface area (Å²) in [5, 5.41) is 12.5. The Bertz CT molecular complexity index is 377. The zero-order valence-corrected chi connectivity index (χ0v) is 11.0. The number of nitrogens with one attached hydrogen (secondary N) is 1. The van der Waals surface area contributed by atoms with Crippen molar-refractivity contribution < 1.29 is 9.90 Å². The monoisotopic (exact) mass is 285 g/mol. The fourth-order valence-corrected chi connectivity index (χ4v) is 1.76. The molecule has 0 saturated carbocycles. The summed E-state index contributed by atoms with van der Waals surface area (Å²) in [4.78, 5) is 12.0. The van der Waals surface area contributed by atoms with Gasteiger partial charge in [-0.05, 0) is 25.5 Å². The van der Waals surface area contributed by atoms with Crippen LogP contribution in [0.2, 0.25) is 0 Å². The summed E-state index contributed by atoms with van der Waals surface area (Å²) in [5.41, 5.74) is 0.978. The minimum Gasteiger partial charge on any atom is -0.394 e. The van der Waals surface area contributed by atoms with Crippen LogP contribution in [0, 0.1) is 0 Å². The van der Waals surface area contributed by atoms with Crippen LogP contribution in [-0.4, -0.2) is 23.2 Å². The van der Waals surface area contributed by atoms with Crippen LogP contribution in [-0.2, 0) is 5.33 Å². The Balaban J connectivity index is 2.88. The number of aliphatic hydroxyl groups excluding tert-OH is 1. The van der Waals surface area contributed by atoms with Gasteiger partial charge in [0.25, 0.3) is 5.91 Å². The van der Waals surface area contributed by atoms with E-state index in [0.29, 0.717) is 10.9 Å². The quantitative estimate of drug-likeness (QED) is 0.833. The molecule has 1 aromatic rings. The minimum atomic E-state index is -0.601. The van der Waals surface area contributed by atoms with Gasteiger partial charge in [0.1, 0.15) is 0 Å². The molecule has 0 spiro atoms. The highest BCUT2D eigenvalue weighted by molar-refractivity contribution is 9.08. The second-order valence-corrected chi connectivity index (χ2v) is 4.85. The number of rotatable bonds is 4. The summed E-state index contributed by atoms with van der Waals surface area (Å²) in [6.07, 6.45) is 0. The zero-order valence-electron chi connectivity index (χ0n) is 9.46. The average molecular weight is 286 g/mol. The van der Waals surface area contributed by atoms with Crippen LogP contribution in [0.15, 0.2) is 24.3 Å². The lowest BCUT2D eigenvalue weighted by Crippen LogP contribution is -2.46. The van der Waals surface area contributed by atoms with Gasteiger partial charge in [-0.2, -0.15) is 0 Å². The van der Waals surface area contributed by atoms with Crippen molar-refractivity contribution in [2.24, 2.45) is 0 Å². The van der Waals surface area contributed by atoms with Gasteiger partial charge in [-0.15, -0.1) is 0 Å². The first kappa shape index (κ1) is 13.2. The van der Waals surface area contributed by atoms with Crippen LogP contribution in [0.1, 0.15) is 29.8 Å². The number of aliphatic hydroxyl groups is 1. The molecule has 3 nitrogen and oxygen atoms in total. The lowest BCUT2D eigenvalue weighted by molar-refractivity contribution is 0.0868. The van der Waals surface area contributed by atoms with Gasteiger partial charge < -0.3 is 10.4 Å². The topological polar surface area (TPSA) is 49.3 Å². The van der Waals surface area contributed by atoms with E-state index in [0.717, 1.165) is 5.56 Å². The predicted octanol–water partition coefficient (Wildman–Crippen LogP) is 2.08. The largest absolute Gasteiger partial charge is 0.394 e. The molecule has 0 aliphatic carbocycles. The van der Waals surface area contributed by atoms with Gasteiger partial charge >= 0.3 is 0 Å². The van der Waals surface area contributed by atoms with Crippen LogP contribution >= 0.6 is 15.9 Å². The highest BCUT2D eigenvalue weighted by Gasteiger charge is 2.21. The average Bonchev–Trinajstić information content (AvgIpc) is 2.28. The third-order valence-electron chi connectivity index (χ3n) is 2.25. The molecule has 4 heteroatoms. The van der Waals surface area contributed by atoms with E-state index in [1.165, 1.54) is 0 Å². The number of hydrogen-bond donors (Lipinski definition) is 2. The molecule has 1 rings (SSSR count). The molecule has 0 bridgehead atoms. The Morgan fingerprint density at radius 2 is 2.06 bits per heavy atom. The maximum atomic E-state index is 12.0. The maximum absolute atomic E-state index is 12.0. The summed E-state index contributed by atoms with van der Waals surface area (Å²) >= 11 is 3.34. The fourth-order valence-electron chi connectivity index (χ4n) is 1.27. The third kappa shape index (κ3) is 3.32. The van der Waals surface area contributed by atoms with Gasteiger partial charge in [-0.25, -0.2) is 0 Å². The molecular formula is C12H16BrNO2. The van der Waals surface area contributed by atoms with E-state index in [9.17, 15) is 4.79 Å². The van der Waals surface area contributed by atoms with E-state index in [4.69, 9.17) is 5.11 Å². The highest BCUT2D eigenvalue weighted by atomic mass is 79.9. The molecular weight excluding hydrogens is 270 g/mol. The van der Waals surface area contributed by atoms with Crippen LogP contribution in [0.4, 0.5) is 0 Å². The van der Waals surface area contributed by atoms with Crippen molar-refractivity contribution in [1.29, 1.82) is 0 Å². The minimum absolute atomic E-state index is 0.0881. The molecule has 0 aliphatic rings. The molecule has 2 N–H and O–H groups in total. The summed E-state index contributed by atoms with van der Waals surface area (Å²) in [6.45, 7) is 3.47. The summed E-state index contributed by atoms with van der Waals surface area (Å²) < 4.78 is 0. The first-order valence-electron chi connectivity index (χ1n) is 5.07. The van der Waals surface area contributed by atoms with E-state index >= 15 is 0 Å². The Labute approximate surface area is 104 Å². The van der Waals surface area contributed by atoms with Crippen molar-refractivity contribution in [3.63, 3.8) is 0 Å². The van der Waals surface area contributed by atoms with Crippen molar-refractivity contribution >= 4 is 21.8 Å². The summed E-state index contributed by atoms with van der Waals surface area (Å²) in [7, 11) is 0. The van der Waals surface area contributed by atoms with Crippen LogP contribution in [0.3, 0.4) is 0 Å². The van der Waals surface area contributed by atoms with Gasteiger partial charge in [0, 0.05) is 10.9 Å². The number of carbonyl (C=O) groups is 1. The molecule has 0 heterocycles.